The lowest BCUT2D eigenvalue weighted by molar-refractivity contribution is -0.158. The van der Waals surface area contributed by atoms with E-state index >= 15 is 0 Å². The highest BCUT2D eigenvalue weighted by Gasteiger charge is 2.30. The van der Waals surface area contributed by atoms with Crippen molar-refractivity contribution in [1.29, 1.82) is 0 Å². The Morgan fingerprint density at radius 1 is 1.19 bits per heavy atom. The second kappa shape index (κ2) is 7.90. The molecule has 1 aromatic heterocycles. The van der Waals surface area contributed by atoms with Crippen molar-refractivity contribution in [3.05, 3.63) is 59.9 Å². The molecule has 27 heavy (non-hydrogen) atoms. The summed E-state index contributed by atoms with van der Waals surface area (Å²) in [5.41, 5.74) is 9.03. The molecular weight excluding hydrogens is 346 g/mol. The molecule has 7 heteroatoms. The van der Waals surface area contributed by atoms with E-state index in [4.69, 9.17) is 10.5 Å². The number of aliphatic carboxylic acids is 1. The molecule has 0 aliphatic rings. The minimum Gasteiger partial charge on any atom is -0.481 e. The number of nitrogen functional groups attached to an aromatic ring is 1. The predicted molar refractivity (Wildman–Crippen MR) is 101 cm³/mol. The zero-order valence-corrected chi connectivity index (χ0v) is 15.0. The van der Waals surface area contributed by atoms with Gasteiger partial charge in [-0.3, -0.25) is 9.59 Å². The number of carboxylic acid groups (broad SMARTS) is 1. The zero-order valence-electron chi connectivity index (χ0n) is 15.0. The van der Waals surface area contributed by atoms with Gasteiger partial charge in [0.2, 0.25) is 0 Å². The van der Waals surface area contributed by atoms with Crippen LogP contribution in [0.3, 0.4) is 0 Å². The van der Waals surface area contributed by atoms with Crippen molar-refractivity contribution in [3.8, 4) is 0 Å². The molecule has 0 spiro atoms. The van der Waals surface area contributed by atoms with E-state index in [2.05, 4.69) is 4.98 Å². The van der Waals surface area contributed by atoms with Crippen LogP contribution in [0.4, 0.5) is 5.69 Å². The summed E-state index contributed by atoms with van der Waals surface area (Å²) in [4.78, 5) is 28.2. The van der Waals surface area contributed by atoms with Gasteiger partial charge in [0.1, 0.15) is 5.82 Å². The Morgan fingerprint density at radius 2 is 1.89 bits per heavy atom. The molecule has 2 aromatic carbocycles. The molecule has 140 valence electrons. The van der Waals surface area contributed by atoms with Crippen LogP contribution in [0.25, 0.3) is 11.0 Å². The van der Waals surface area contributed by atoms with E-state index in [0.717, 1.165) is 16.6 Å². The van der Waals surface area contributed by atoms with Crippen molar-refractivity contribution >= 4 is 28.7 Å². The summed E-state index contributed by atoms with van der Waals surface area (Å²) < 4.78 is 6.84. The topological polar surface area (TPSA) is 107 Å². The van der Waals surface area contributed by atoms with Gasteiger partial charge in [0, 0.05) is 18.7 Å². The van der Waals surface area contributed by atoms with Gasteiger partial charge < -0.3 is 20.1 Å². The molecule has 1 unspecified atom stereocenters. The molecule has 0 radical (unpaired) electrons. The molecule has 1 heterocycles. The largest absolute Gasteiger partial charge is 0.481 e. The minimum atomic E-state index is -1.30. The molecule has 3 rings (SSSR count). The van der Waals surface area contributed by atoms with E-state index in [1.165, 1.54) is 0 Å². The van der Waals surface area contributed by atoms with Crippen molar-refractivity contribution in [2.45, 2.75) is 19.9 Å². The molecule has 0 saturated carbocycles. The molecular formula is C20H21N3O4. The van der Waals surface area contributed by atoms with Crippen LogP contribution in [0.15, 0.2) is 48.5 Å². The maximum atomic E-state index is 12.1. The number of ether oxygens (including phenoxy) is 1. The molecule has 0 fully saturated rings. The number of esters is 1. The third-order valence-corrected chi connectivity index (χ3v) is 4.31. The van der Waals surface area contributed by atoms with E-state index in [-0.39, 0.29) is 13.0 Å². The van der Waals surface area contributed by atoms with Crippen LogP contribution in [0, 0.1) is 5.92 Å². The SMILES string of the molecule is CCOC(=O)C(Cc1nc2ccccc2n1Cc1ccc(N)cc1)C(=O)O. The number of carboxylic acids is 1. The molecule has 3 N–H and O–H groups in total. The van der Waals surface area contributed by atoms with Crippen LogP contribution < -0.4 is 5.73 Å². The molecule has 3 aromatic rings. The summed E-state index contributed by atoms with van der Waals surface area (Å²) in [6, 6.07) is 15.0. The van der Waals surface area contributed by atoms with Crippen LogP contribution in [-0.2, 0) is 27.3 Å². The van der Waals surface area contributed by atoms with Crippen LogP contribution in [0.1, 0.15) is 18.3 Å². The summed E-state index contributed by atoms with van der Waals surface area (Å²) in [6.07, 6.45) is -0.0438. The number of hydrogen-bond acceptors (Lipinski definition) is 5. The number of nitrogens with two attached hydrogens (primary N) is 1. The van der Waals surface area contributed by atoms with E-state index in [1.807, 2.05) is 53.1 Å². The second-order valence-electron chi connectivity index (χ2n) is 6.19. The molecule has 7 nitrogen and oxygen atoms in total. The fourth-order valence-corrected chi connectivity index (χ4v) is 2.96. The van der Waals surface area contributed by atoms with Crippen molar-refractivity contribution in [1.82, 2.24) is 9.55 Å². The fourth-order valence-electron chi connectivity index (χ4n) is 2.96. The highest BCUT2D eigenvalue weighted by molar-refractivity contribution is 5.94. The lowest BCUT2D eigenvalue weighted by Crippen LogP contribution is -2.29. The van der Waals surface area contributed by atoms with E-state index < -0.39 is 17.9 Å². The summed E-state index contributed by atoms with van der Waals surface area (Å²) >= 11 is 0. The first-order valence-corrected chi connectivity index (χ1v) is 8.67. The van der Waals surface area contributed by atoms with Crippen molar-refractivity contribution in [2.24, 2.45) is 5.92 Å². The Hall–Kier alpha value is -3.35. The number of anilines is 1. The van der Waals surface area contributed by atoms with Crippen molar-refractivity contribution in [2.75, 3.05) is 12.3 Å². The quantitative estimate of drug-likeness (QED) is 0.377. The minimum absolute atomic E-state index is 0.0438. The van der Waals surface area contributed by atoms with E-state index in [1.54, 1.807) is 6.92 Å². The Balaban J connectivity index is 1.99. The van der Waals surface area contributed by atoms with Gasteiger partial charge in [-0.2, -0.15) is 0 Å². The summed E-state index contributed by atoms with van der Waals surface area (Å²) in [6.45, 7) is 2.27. The molecule has 0 aliphatic heterocycles. The number of nitrogens with zero attached hydrogens (tertiary/aromatic N) is 2. The Kier molecular flexibility index (Phi) is 5.40. The third kappa shape index (κ3) is 4.08. The van der Waals surface area contributed by atoms with Crippen LogP contribution in [0.2, 0.25) is 0 Å². The number of aromatic nitrogens is 2. The van der Waals surface area contributed by atoms with Crippen molar-refractivity contribution < 1.29 is 19.4 Å². The van der Waals surface area contributed by atoms with Gasteiger partial charge in [0.25, 0.3) is 0 Å². The number of hydrogen-bond donors (Lipinski definition) is 2. The molecule has 0 amide bonds. The van der Waals surface area contributed by atoms with E-state index in [9.17, 15) is 14.7 Å². The van der Waals surface area contributed by atoms with Gasteiger partial charge in [-0.1, -0.05) is 24.3 Å². The van der Waals surface area contributed by atoms with E-state index in [0.29, 0.717) is 18.1 Å². The molecule has 0 saturated heterocycles. The average molecular weight is 367 g/mol. The van der Waals surface area contributed by atoms with Gasteiger partial charge in [0.15, 0.2) is 5.92 Å². The summed E-state index contributed by atoms with van der Waals surface area (Å²) in [5, 5.41) is 9.47. The Labute approximate surface area is 156 Å². The number of carbonyl (C=O) groups is 2. The summed E-state index contributed by atoms with van der Waals surface area (Å²) in [5.74, 6) is -2.75. The number of para-hydroxylation sites is 2. The van der Waals surface area contributed by atoms with Gasteiger partial charge in [-0.05, 0) is 36.8 Å². The van der Waals surface area contributed by atoms with Crippen LogP contribution in [0.5, 0.6) is 0 Å². The fraction of sp³-hybridized carbons (Fsp3) is 0.250. The zero-order chi connectivity index (χ0) is 19.4. The smallest absolute Gasteiger partial charge is 0.320 e. The molecule has 1 atom stereocenters. The van der Waals surface area contributed by atoms with Crippen LogP contribution >= 0.6 is 0 Å². The second-order valence-corrected chi connectivity index (χ2v) is 6.19. The monoisotopic (exact) mass is 367 g/mol. The number of imidazole rings is 1. The first-order valence-electron chi connectivity index (χ1n) is 8.67. The highest BCUT2D eigenvalue weighted by Crippen LogP contribution is 2.21. The van der Waals surface area contributed by atoms with Gasteiger partial charge >= 0.3 is 11.9 Å². The van der Waals surface area contributed by atoms with Gasteiger partial charge in [-0.15, -0.1) is 0 Å². The predicted octanol–water partition coefficient (Wildman–Crippen LogP) is 2.47. The lowest BCUT2D eigenvalue weighted by Gasteiger charge is -2.13. The summed E-state index contributed by atoms with van der Waals surface area (Å²) in [7, 11) is 0. The third-order valence-electron chi connectivity index (χ3n) is 4.31. The Bertz CT molecular complexity index is 963. The number of fused-ring (bicyclic) bond motifs is 1. The first kappa shape index (κ1) is 18.4. The standard InChI is InChI=1S/C20H21N3O4/c1-2-27-20(26)15(19(24)25)11-18-22-16-5-3-4-6-17(16)23(18)12-13-7-9-14(21)10-8-13/h3-10,15H,2,11-12,21H2,1H3,(H,24,25). The highest BCUT2D eigenvalue weighted by atomic mass is 16.5. The number of carbonyl (C=O) groups excluding carboxylic acids is 1. The lowest BCUT2D eigenvalue weighted by atomic mass is 10.1. The van der Waals surface area contributed by atoms with Crippen LogP contribution in [-0.4, -0.2) is 33.2 Å². The maximum Gasteiger partial charge on any atom is 0.320 e. The number of rotatable bonds is 7. The first-order chi connectivity index (χ1) is 13.0. The molecule has 0 aliphatic carbocycles. The van der Waals surface area contributed by atoms with Gasteiger partial charge in [-0.25, -0.2) is 4.98 Å². The maximum absolute atomic E-state index is 12.1. The number of benzene rings is 2. The van der Waals surface area contributed by atoms with Crippen molar-refractivity contribution in [3.63, 3.8) is 0 Å². The van der Waals surface area contributed by atoms with Gasteiger partial charge in [0.05, 0.1) is 17.6 Å². The Morgan fingerprint density at radius 3 is 2.56 bits per heavy atom. The molecule has 0 bridgehead atoms. The normalized spacial score (nSPS) is 12.0. The average Bonchev–Trinajstić information content (AvgIpc) is 2.99.